The summed E-state index contributed by atoms with van der Waals surface area (Å²) in [4.78, 5) is 24.2. The Bertz CT molecular complexity index is 1050. The fraction of sp³-hybridized carbons (Fsp3) is 0.429. The topological polar surface area (TPSA) is 114 Å². The molecule has 162 valence electrons. The predicted molar refractivity (Wildman–Crippen MR) is 115 cm³/mol. The Morgan fingerprint density at radius 1 is 1.17 bits per heavy atom. The second kappa shape index (κ2) is 8.61. The maximum absolute atomic E-state index is 12.9. The number of aryl methyl sites for hydroxylation is 1. The molecule has 0 unspecified atom stereocenters. The molecule has 0 bridgehead atoms. The highest BCUT2D eigenvalue weighted by Crippen LogP contribution is 2.28. The second-order valence-corrected chi connectivity index (χ2v) is 9.88. The van der Waals surface area contributed by atoms with Crippen LogP contribution in [-0.4, -0.2) is 42.2 Å². The molecule has 0 spiro atoms. The molecule has 1 aromatic carbocycles. The van der Waals surface area contributed by atoms with Gasteiger partial charge in [-0.2, -0.15) is 4.31 Å². The van der Waals surface area contributed by atoms with Gasteiger partial charge in [-0.25, -0.2) is 8.42 Å². The van der Waals surface area contributed by atoms with Crippen LogP contribution in [0.15, 0.2) is 41.4 Å². The molecule has 1 aromatic heterocycles. The second-order valence-electron chi connectivity index (χ2n) is 7.95. The number of benzene rings is 1. The number of rotatable bonds is 6. The van der Waals surface area contributed by atoms with Gasteiger partial charge < -0.3 is 15.6 Å². The molecule has 3 N–H and O–H groups in total. The Balaban J connectivity index is 1.66. The molecular formula is C21H28N4O4S. The number of carbonyl (C=O) groups excluding carboxylic acids is 2. The average molecular weight is 433 g/mol. The third-order valence-corrected chi connectivity index (χ3v) is 7.40. The summed E-state index contributed by atoms with van der Waals surface area (Å²) in [6, 6.07) is 9.01. The number of aromatic nitrogens is 1. The lowest BCUT2D eigenvalue weighted by molar-refractivity contribution is -0.120. The molecule has 1 saturated heterocycles. The fourth-order valence-corrected chi connectivity index (χ4v) is 5.32. The molecule has 1 aliphatic heterocycles. The average Bonchev–Trinajstić information content (AvgIpc) is 3.11. The van der Waals surface area contributed by atoms with E-state index in [1.165, 1.54) is 21.1 Å². The van der Waals surface area contributed by atoms with Crippen LogP contribution in [0.1, 0.15) is 48.7 Å². The minimum atomic E-state index is -3.75. The molecule has 2 aromatic rings. The van der Waals surface area contributed by atoms with Crippen LogP contribution in [0, 0.1) is 5.92 Å². The van der Waals surface area contributed by atoms with Crippen molar-refractivity contribution in [3.8, 4) is 0 Å². The Morgan fingerprint density at radius 3 is 2.37 bits per heavy atom. The number of para-hydroxylation sites is 1. The van der Waals surface area contributed by atoms with Gasteiger partial charge in [0.05, 0.1) is 0 Å². The highest BCUT2D eigenvalue weighted by Gasteiger charge is 2.33. The van der Waals surface area contributed by atoms with Crippen molar-refractivity contribution < 1.29 is 18.0 Å². The molecule has 0 atom stereocenters. The summed E-state index contributed by atoms with van der Waals surface area (Å²) in [6.45, 7) is 4.63. The molecule has 3 rings (SSSR count). The van der Waals surface area contributed by atoms with Crippen molar-refractivity contribution in [1.82, 2.24) is 8.87 Å². The number of carbonyl (C=O) groups is 2. The third kappa shape index (κ3) is 4.41. The molecule has 1 aliphatic rings. The predicted octanol–water partition coefficient (Wildman–Crippen LogP) is 2.29. The normalized spacial score (nSPS) is 16.0. The summed E-state index contributed by atoms with van der Waals surface area (Å²) in [6.07, 6.45) is 2.26. The van der Waals surface area contributed by atoms with Gasteiger partial charge in [0.2, 0.25) is 15.9 Å². The van der Waals surface area contributed by atoms with E-state index < -0.39 is 15.9 Å². The van der Waals surface area contributed by atoms with E-state index in [0.29, 0.717) is 12.8 Å². The Hall–Kier alpha value is -2.65. The molecule has 30 heavy (non-hydrogen) atoms. The first-order valence-electron chi connectivity index (χ1n) is 9.97. The van der Waals surface area contributed by atoms with Crippen LogP contribution in [0.25, 0.3) is 0 Å². The van der Waals surface area contributed by atoms with E-state index in [9.17, 15) is 18.0 Å². The molecule has 0 saturated carbocycles. The SMILES string of the molecule is CC(C)c1ccccc1NC(=O)C1CCN(S(=O)(=O)c2cc(C(N)=O)n(C)c2)CC1. The number of hydrogen-bond acceptors (Lipinski definition) is 4. The number of hydrogen-bond donors (Lipinski definition) is 2. The zero-order valence-electron chi connectivity index (χ0n) is 17.5. The third-order valence-electron chi connectivity index (χ3n) is 5.54. The van der Waals surface area contributed by atoms with E-state index in [1.807, 2.05) is 24.3 Å². The fourth-order valence-electron chi connectivity index (χ4n) is 3.78. The largest absolute Gasteiger partial charge is 0.364 e. The van der Waals surface area contributed by atoms with E-state index in [1.54, 1.807) is 7.05 Å². The molecular weight excluding hydrogens is 404 g/mol. The van der Waals surface area contributed by atoms with Gasteiger partial charge in [-0.1, -0.05) is 32.0 Å². The molecule has 2 heterocycles. The number of nitrogens with two attached hydrogens (primary N) is 1. The van der Waals surface area contributed by atoms with E-state index in [2.05, 4.69) is 19.2 Å². The van der Waals surface area contributed by atoms with Crippen LogP contribution in [0.3, 0.4) is 0 Å². The number of anilines is 1. The lowest BCUT2D eigenvalue weighted by atomic mass is 9.96. The van der Waals surface area contributed by atoms with Crippen LogP contribution in [0.5, 0.6) is 0 Å². The summed E-state index contributed by atoms with van der Waals surface area (Å²) in [7, 11) is -2.18. The minimum Gasteiger partial charge on any atom is -0.364 e. The number of nitrogens with zero attached hydrogens (tertiary/aromatic N) is 2. The van der Waals surface area contributed by atoms with Crippen molar-refractivity contribution in [3.05, 3.63) is 47.8 Å². The number of amides is 2. The zero-order valence-corrected chi connectivity index (χ0v) is 18.3. The first-order chi connectivity index (χ1) is 14.1. The van der Waals surface area contributed by atoms with E-state index in [0.717, 1.165) is 11.3 Å². The summed E-state index contributed by atoms with van der Waals surface area (Å²) >= 11 is 0. The Labute approximate surface area is 177 Å². The summed E-state index contributed by atoms with van der Waals surface area (Å²) in [5.74, 6) is -0.745. The lowest BCUT2D eigenvalue weighted by Crippen LogP contribution is -2.41. The molecule has 1 fully saturated rings. The standard InChI is InChI=1S/C21H28N4O4S/c1-14(2)17-6-4-5-7-18(17)23-21(27)15-8-10-25(11-9-15)30(28,29)16-12-19(20(22)26)24(3)13-16/h4-7,12-15H,8-11H2,1-3H3,(H2,22,26)(H,23,27). The number of piperidine rings is 1. The molecule has 9 heteroatoms. The maximum atomic E-state index is 12.9. The first-order valence-corrected chi connectivity index (χ1v) is 11.4. The van der Waals surface area contributed by atoms with Crippen molar-refractivity contribution in [3.63, 3.8) is 0 Å². The summed E-state index contributed by atoms with van der Waals surface area (Å²) in [5.41, 5.74) is 7.28. The van der Waals surface area contributed by atoms with Crippen molar-refractivity contribution in [2.75, 3.05) is 18.4 Å². The van der Waals surface area contributed by atoms with Gasteiger partial charge in [0.15, 0.2) is 0 Å². The number of sulfonamides is 1. The quantitative estimate of drug-likeness (QED) is 0.729. The maximum Gasteiger partial charge on any atom is 0.265 e. The van der Waals surface area contributed by atoms with Gasteiger partial charge in [0.1, 0.15) is 10.6 Å². The van der Waals surface area contributed by atoms with Gasteiger partial charge in [0.25, 0.3) is 5.91 Å². The molecule has 8 nitrogen and oxygen atoms in total. The van der Waals surface area contributed by atoms with Crippen molar-refractivity contribution in [2.45, 2.75) is 37.5 Å². The van der Waals surface area contributed by atoms with Crippen molar-refractivity contribution >= 4 is 27.5 Å². The molecule has 0 radical (unpaired) electrons. The smallest absolute Gasteiger partial charge is 0.265 e. The monoisotopic (exact) mass is 432 g/mol. The van der Waals surface area contributed by atoms with Gasteiger partial charge in [0, 0.05) is 37.9 Å². The Morgan fingerprint density at radius 2 is 1.80 bits per heavy atom. The molecule has 0 aliphatic carbocycles. The summed E-state index contributed by atoms with van der Waals surface area (Å²) in [5, 5.41) is 3.01. The summed E-state index contributed by atoms with van der Waals surface area (Å²) < 4.78 is 28.6. The Kier molecular flexibility index (Phi) is 6.33. The van der Waals surface area contributed by atoms with Gasteiger partial charge in [-0.15, -0.1) is 0 Å². The highest BCUT2D eigenvalue weighted by molar-refractivity contribution is 7.89. The number of nitrogens with one attached hydrogen (secondary N) is 1. The molecule has 2 amide bonds. The van der Waals surface area contributed by atoms with Gasteiger partial charge >= 0.3 is 0 Å². The van der Waals surface area contributed by atoms with Crippen LogP contribution >= 0.6 is 0 Å². The lowest BCUT2D eigenvalue weighted by Gasteiger charge is -2.30. The van der Waals surface area contributed by atoms with Crippen LogP contribution in [0.2, 0.25) is 0 Å². The first kappa shape index (κ1) is 22.0. The number of primary amides is 1. The van der Waals surface area contributed by atoms with Crippen LogP contribution in [-0.2, 0) is 21.9 Å². The van der Waals surface area contributed by atoms with Crippen LogP contribution < -0.4 is 11.1 Å². The van der Waals surface area contributed by atoms with Gasteiger partial charge in [-0.3, -0.25) is 9.59 Å². The highest BCUT2D eigenvalue weighted by atomic mass is 32.2. The van der Waals surface area contributed by atoms with Gasteiger partial charge in [-0.05, 0) is 36.5 Å². The van der Waals surface area contributed by atoms with Crippen molar-refractivity contribution in [1.29, 1.82) is 0 Å². The minimum absolute atomic E-state index is 0.0348. The van der Waals surface area contributed by atoms with Crippen LogP contribution in [0.4, 0.5) is 5.69 Å². The van der Waals surface area contributed by atoms with E-state index >= 15 is 0 Å². The van der Waals surface area contributed by atoms with Crippen molar-refractivity contribution in [2.24, 2.45) is 18.7 Å². The zero-order chi connectivity index (χ0) is 22.1. The van der Waals surface area contributed by atoms with E-state index in [4.69, 9.17) is 5.73 Å². The van der Waals surface area contributed by atoms with E-state index in [-0.39, 0.29) is 41.4 Å².